The topological polar surface area (TPSA) is 87.7 Å². The van der Waals surface area contributed by atoms with Crippen LogP contribution < -0.4 is 5.46 Å². The standard InChI is InChI=1S/C19H24BN3O4/c1-2-9-26-17(24)23-11-18(12-23)4-6-19(7-5-18)15-13-3-8-21-16(13)22-10-14(15)20(25)27-19/h3,8,10,25H,2,4-7,9,11-12H2,1H3,(H,21,22). The third-order valence-corrected chi connectivity index (χ3v) is 6.53. The maximum absolute atomic E-state index is 12.0. The monoisotopic (exact) mass is 369 g/mol. The van der Waals surface area contributed by atoms with Crippen LogP contribution in [0.3, 0.4) is 0 Å². The molecule has 0 atom stereocenters. The van der Waals surface area contributed by atoms with Crippen LogP contribution in [0, 0.1) is 5.41 Å². The van der Waals surface area contributed by atoms with E-state index >= 15 is 0 Å². The second kappa shape index (κ2) is 5.97. The van der Waals surface area contributed by atoms with Gasteiger partial charge >= 0.3 is 13.2 Å². The number of aromatic amines is 1. The number of hydrogen-bond acceptors (Lipinski definition) is 5. The summed E-state index contributed by atoms with van der Waals surface area (Å²) in [7, 11) is -0.914. The molecular formula is C19H24BN3O4. The van der Waals surface area contributed by atoms with E-state index in [0.717, 1.165) is 67.3 Å². The fourth-order valence-electron chi connectivity index (χ4n) is 5.10. The van der Waals surface area contributed by atoms with Crippen LogP contribution in [-0.4, -0.2) is 52.8 Å². The number of nitrogens with one attached hydrogen (secondary N) is 1. The maximum Gasteiger partial charge on any atom is 0.493 e. The molecule has 5 rings (SSSR count). The van der Waals surface area contributed by atoms with E-state index in [-0.39, 0.29) is 11.5 Å². The van der Waals surface area contributed by atoms with Crippen LogP contribution in [-0.2, 0) is 15.0 Å². The van der Waals surface area contributed by atoms with Gasteiger partial charge in [-0.3, -0.25) is 0 Å². The van der Waals surface area contributed by atoms with Crippen LogP contribution in [0.5, 0.6) is 0 Å². The predicted octanol–water partition coefficient (Wildman–Crippen LogP) is 1.90. The molecule has 2 aliphatic heterocycles. The van der Waals surface area contributed by atoms with Crippen molar-refractivity contribution in [3.8, 4) is 0 Å². The SMILES string of the molecule is CCCOC(=O)N1CC2(CCC3(CC2)OB(O)c2cnc4[nH]ccc4c23)C1. The van der Waals surface area contributed by atoms with E-state index in [9.17, 15) is 9.82 Å². The number of carbonyl (C=O) groups is 1. The Hall–Kier alpha value is -2.06. The van der Waals surface area contributed by atoms with Crippen LogP contribution >= 0.6 is 0 Å². The second-order valence-electron chi connectivity index (χ2n) is 8.26. The quantitative estimate of drug-likeness (QED) is 0.790. The summed E-state index contributed by atoms with van der Waals surface area (Å²) in [4.78, 5) is 21.4. The molecule has 4 heterocycles. The van der Waals surface area contributed by atoms with Crippen LogP contribution in [0.4, 0.5) is 4.79 Å². The molecule has 2 aromatic rings. The Kier molecular flexibility index (Phi) is 3.78. The molecule has 0 aromatic carbocycles. The number of rotatable bonds is 2. The number of fused-ring (bicyclic) bond motifs is 4. The van der Waals surface area contributed by atoms with Crippen molar-refractivity contribution in [2.45, 2.75) is 44.6 Å². The summed E-state index contributed by atoms with van der Waals surface area (Å²) in [5, 5.41) is 11.5. The molecule has 1 aliphatic carbocycles. The number of aromatic nitrogens is 2. The van der Waals surface area contributed by atoms with Crippen molar-refractivity contribution >= 4 is 29.7 Å². The molecular weight excluding hydrogens is 345 g/mol. The first-order valence-electron chi connectivity index (χ1n) is 9.80. The molecule has 0 bridgehead atoms. The molecule has 142 valence electrons. The third kappa shape index (κ3) is 2.50. The number of hydrogen-bond donors (Lipinski definition) is 2. The fraction of sp³-hybridized carbons (Fsp3) is 0.579. The molecule has 8 heteroatoms. The van der Waals surface area contributed by atoms with Crippen molar-refractivity contribution in [1.82, 2.24) is 14.9 Å². The first-order chi connectivity index (χ1) is 13.1. The normalized spacial score (nSPS) is 22.3. The Morgan fingerprint density at radius 1 is 1.41 bits per heavy atom. The zero-order valence-corrected chi connectivity index (χ0v) is 15.5. The van der Waals surface area contributed by atoms with Gasteiger partial charge in [-0.15, -0.1) is 0 Å². The van der Waals surface area contributed by atoms with Gasteiger partial charge < -0.3 is 24.3 Å². The number of amides is 1. The van der Waals surface area contributed by atoms with E-state index in [1.54, 1.807) is 11.1 Å². The molecule has 1 saturated carbocycles. The van der Waals surface area contributed by atoms with Gasteiger partial charge in [0.25, 0.3) is 0 Å². The summed E-state index contributed by atoms with van der Waals surface area (Å²) >= 11 is 0. The van der Waals surface area contributed by atoms with Crippen molar-refractivity contribution in [2.75, 3.05) is 19.7 Å². The minimum atomic E-state index is -0.914. The highest BCUT2D eigenvalue weighted by Crippen LogP contribution is 2.53. The third-order valence-electron chi connectivity index (χ3n) is 6.53. The Balaban J connectivity index is 1.34. The number of ether oxygens (including phenoxy) is 1. The lowest BCUT2D eigenvalue weighted by atomic mass is 9.63. The van der Waals surface area contributed by atoms with Crippen LogP contribution in [0.1, 0.15) is 44.6 Å². The van der Waals surface area contributed by atoms with E-state index in [4.69, 9.17) is 9.39 Å². The van der Waals surface area contributed by atoms with Gasteiger partial charge in [0.15, 0.2) is 0 Å². The van der Waals surface area contributed by atoms with E-state index in [2.05, 4.69) is 9.97 Å². The number of pyridine rings is 1. The van der Waals surface area contributed by atoms with Crippen molar-refractivity contribution in [3.63, 3.8) is 0 Å². The summed E-state index contributed by atoms with van der Waals surface area (Å²) in [5.41, 5.74) is 2.43. The van der Waals surface area contributed by atoms with Crippen molar-refractivity contribution in [2.24, 2.45) is 5.41 Å². The van der Waals surface area contributed by atoms with Crippen LogP contribution in [0.25, 0.3) is 11.0 Å². The largest absolute Gasteiger partial charge is 0.493 e. The zero-order valence-electron chi connectivity index (χ0n) is 15.5. The highest BCUT2D eigenvalue weighted by Gasteiger charge is 2.56. The highest BCUT2D eigenvalue weighted by atomic mass is 16.6. The Bertz CT molecular complexity index is 882. The summed E-state index contributed by atoms with van der Waals surface area (Å²) in [6.07, 6.45) is 7.91. The van der Waals surface area contributed by atoms with Crippen LogP contribution in [0.2, 0.25) is 0 Å². The minimum Gasteiger partial charge on any atom is -0.449 e. The molecule has 2 aromatic heterocycles. The Morgan fingerprint density at radius 2 is 2.19 bits per heavy atom. The molecule has 2 fully saturated rings. The van der Waals surface area contributed by atoms with E-state index < -0.39 is 12.7 Å². The maximum atomic E-state index is 12.0. The summed E-state index contributed by atoms with van der Waals surface area (Å²) < 4.78 is 11.4. The van der Waals surface area contributed by atoms with Gasteiger partial charge in [-0.1, -0.05) is 6.92 Å². The minimum absolute atomic E-state index is 0.165. The summed E-state index contributed by atoms with van der Waals surface area (Å²) in [5.74, 6) is 0. The second-order valence-corrected chi connectivity index (χ2v) is 8.26. The van der Waals surface area contributed by atoms with Gasteiger partial charge in [-0.05, 0) is 43.7 Å². The van der Waals surface area contributed by atoms with Crippen LogP contribution in [0.15, 0.2) is 18.5 Å². The lowest BCUT2D eigenvalue weighted by molar-refractivity contribution is -0.0793. The van der Waals surface area contributed by atoms with Gasteiger partial charge in [0, 0.05) is 41.7 Å². The Labute approximate surface area is 158 Å². The number of carbonyl (C=O) groups excluding carboxylic acids is 1. The van der Waals surface area contributed by atoms with E-state index in [0.29, 0.717) is 6.61 Å². The van der Waals surface area contributed by atoms with Crippen molar-refractivity contribution in [1.29, 1.82) is 0 Å². The van der Waals surface area contributed by atoms with E-state index in [1.165, 1.54) is 0 Å². The summed E-state index contributed by atoms with van der Waals surface area (Å²) in [6, 6.07) is 2.02. The molecule has 3 aliphatic rings. The molecule has 2 N–H and O–H groups in total. The lowest BCUT2D eigenvalue weighted by Gasteiger charge is -2.54. The molecule has 0 radical (unpaired) electrons. The summed E-state index contributed by atoms with van der Waals surface area (Å²) in [6.45, 7) is 4.00. The Morgan fingerprint density at radius 3 is 2.93 bits per heavy atom. The molecule has 1 amide bonds. The highest BCUT2D eigenvalue weighted by molar-refractivity contribution is 6.62. The number of H-pyrrole nitrogens is 1. The van der Waals surface area contributed by atoms with E-state index in [1.807, 2.05) is 19.2 Å². The molecule has 7 nitrogen and oxygen atoms in total. The first-order valence-corrected chi connectivity index (χ1v) is 9.80. The molecule has 27 heavy (non-hydrogen) atoms. The van der Waals surface area contributed by atoms with Gasteiger partial charge in [-0.25, -0.2) is 9.78 Å². The first kappa shape index (κ1) is 17.1. The van der Waals surface area contributed by atoms with Gasteiger partial charge in [0.2, 0.25) is 0 Å². The van der Waals surface area contributed by atoms with Crippen molar-refractivity contribution < 1.29 is 19.2 Å². The molecule has 2 spiro atoms. The van der Waals surface area contributed by atoms with Gasteiger partial charge in [-0.2, -0.15) is 0 Å². The zero-order chi connectivity index (χ0) is 18.6. The average molecular weight is 369 g/mol. The number of nitrogens with zero attached hydrogens (tertiary/aromatic N) is 2. The number of likely N-dealkylation sites (tertiary alicyclic amines) is 1. The van der Waals surface area contributed by atoms with Gasteiger partial charge in [0.1, 0.15) is 5.65 Å². The van der Waals surface area contributed by atoms with Gasteiger partial charge in [0.05, 0.1) is 12.2 Å². The van der Waals surface area contributed by atoms with Crippen molar-refractivity contribution in [3.05, 3.63) is 24.0 Å². The predicted molar refractivity (Wildman–Crippen MR) is 101 cm³/mol. The average Bonchev–Trinajstić information content (AvgIpc) is 3.22. The molecule has 1 saturated heterocycles. The molecule has 0 unspecified atom stereocenters. The lowest BCUT2D eigenvalue weighted by Crippen LogP contribution is -2.60. The fourth-order valence-corrected chi connectivity index (χ4v) is 5.10. The smallest absolute Gasteiger partial charge is 0.449 e.